The molecule has 0 radical (unpaired) electrons. The number of amides is 1. The van der Waals surface area contributed by atoms with E-state index in [0.29, 0.717) is 31.9 Å². The molecule has 0 N–H and O–H groups in total. The van der Waals surface area contributed by atoms with Crippen LogP contribution in [0.15, 0.2) is 24.3 Å². The van der Waals surface area contributed by atoms with Crippen molar-refractivity contribution in [3.63, 3.8) is 0 Å². The van der Waals surface area contributed by atoms with E-state index in [9.17, 15) is 4.79 Å². The Kier molecular flexibility index (Phi) is 5.56. The number of morpholine rings is 1. The van der Waals surface area contributed by atoms with E-state index < -0.39 is 0 Å². The number of nitrogens with zero attached hydrogens (tertiary/aromatic N) is 1. The predicted molar refractivity (Wildman–Crippen MR) is 83.9 cm³/mol. The van der Waals surface area contributed by atoms with E-state index in [0.717, 1.165) is 5.56 Å². The number of benzene rings is 1. The lowest BCUT2D eigenvalue weighted by Crippen LogP contribution is -2.55. The number of carbonyl (C=O) groups excluding carboxylic acids is 1. The van der Waals surface area contributed by atoms with Crippen LogP contribution in [0.3, 0.4) is 0 Å². The van der Waals surface area contributed by atoms with Crippen molar-refractivity contribution >= 4 is 5.91 Å². The summed E-state index contributed by atoms with van der Waals surface area (Å²) in [5.41, 5.74) is 1.37. The van der Waals surface area contributed by atoms with Gasteiger partial charge in [-0.15, -0.1) is 0 Å². The molecule has 0 bridgehead atoms. The van der Waals surface area contributed by atoms with Crippen LogP contribution in [0.5, 0.6) is 0 Å². The Bertz CT molecular complexity index is 498. The Morgan fingerprint density at radius 2 is 1.95 bits per heavy atom. The third-order valence-corrected chi connectivity index (χ3v) is 3.63. The highest BCUT2D eigenvalue weighted by Crippen LogP contribution is 2.23. The fourth-order valence-corrected chi connectivity index (χ4v) is 2.82. The molecule has 0 spiro atoms. The molecule has 0 aromatic heterocycles. The molecule has 2 rings (SSSR count). The van der Waals surface area contributed by atoms with Gasteiger partial charge in [0.2, 0.25) is 0 Å². The maximum atomic E-state index is 12.7. The summed E-state index contributed by atoms with van der Waals surface area (Å²) >= 11 is 0. The first-order valence-electron chi connectivity index (χ1n) is 7.49. The first-order chi connectivity index (χ1) is 10.4. The van der Waals surface area contributed by atoms with Crippen molar-refractivity contribution in [1.29, 1.82) is 0 Å². The van der Waals surface area contributed by atoms with Crippen LogP contribution in [0.1, 0.15) is 29.8 Å². The maximum Gasteiger partial charge on any atom is 0.254 e. The van der Waals surface area contributed by atoms with Crippen molar-refractivity contribution in [1.82, 2.24) is 4.90 Å². The number of rotatable bonds is 5. The van der Waals surface area contributed by atoms with Gasteiger partial charge in [0.1, 0.15) is 0 Å². The van der Waals surface area contributed by atoms with Crippen LogP contribution in [-0.4, -0.2) is 56.4 Å². The number of hydrogen-bond acceptors (Lipinski definition) is 4. The summed E-state index contributed by atoms with van der Waals surface area (Å²) in [4.78, 5) is 14.6. The van der Waals surface area contributed by atoms with E-state index in [-0.39, 0.29) is 17.6 Å². The minimum absolute atomic E-state index is 0.0291. The molecule has 1 saturated heterocycles. The summed E-state index contributed by atoms with van der Waals surface area (Å²) in [6.45, 7) is 6.16. The second kappa shape index (κ2) is 7.22. The minimum atomic E-state index is -0.368. The molecular formula is C17H25NO4. The van der Waals surface area contributed by atoms with Crippen molar-refractivity contribution in [2.45, 2.75) is 32.2 Å². The molecule has 1 aliphatic rings. The fraction of sp³-hybridized carbons (Fsp3) is 0.588. The van der Waals surface area contributed by atoms with Gasteiger partial charge in [-0.2, -0.15) is 0 Å². The zero-order valence-corrected chi connectivity index (χ0v) is 13.8. The van der Waals surface area contributed by atoms with Gasteiger partial charge in [0.05, 0.1) is 24.9 Å². The number of carbonyl (C=O) groups is 1. The van der Waals surface area contributed by atoms with Crippen molar-refractivity contribution in [2.75, 3.05) is 33.9 Å². The highest BCUT2D eigenvalue weighted by molar-refractivity contribution is 5.94. The largest absolute Gasteiger partial charge is 0.382 e. The van der Waals surface area contributed by atoms with Crippen LogP contribution in [0, 0.1) is 0 Å². The van der Waals surface area contributed by atoms with Gasteiger partial charge in [0.15, 0.2) is 0 Å². The highest BCUT2D eigenvalue weighted by atomic mass is 16.5. The first-order valence-corrected chi connectivity index (χ1v) is 7.49. The number of ether oxygens (including phenoxy) is 3. The van der Waals surface area contributed by atoms with Crippen LogP contribution >= 0.6 is 0 Å². The molecule has 1 heterocycles. The van der Waals surface area contributed by atoms with Crippen molar-refractivity contribution in [2.24, 2.45) is 0 Å². The second-order valence-corrected chi connectivity index (χ2v) is 6.27. The van der Waals surface area contributed by atoms with Gasteiger partial charge in [-0.25, -0.2) is 0 Å². The molecule has 1 unspecified atom stereocenters. The lowest BCUT2D eigenvalue weighted by Gasteiger charge is -2.42. The van der Waals surface area contributed by atoms with Gasteiger partial charge in [-0.3, -0.25) is 4.79 Å². The molecule has 1 fully saturated rings. The average Bonchev–Trinajstić information content (AvgIpc) is 2.46. The van der Waals surface area contributed by atoms with Crippen molar-refractivity contribution < 1.29 is 19.0 Å². The lowest BCUT2D eigenvalue weighted by atomic mass is 10.0. The van der Waals surface area contributed by atoms with Crippen LogP contribution < -0.4 is 0 Å². The van der Waals surface area contributed by atoms with Gasteiger partial charge in [0, 0.05) is 32.9 Å². The normalized spacial score (nSPS) is 20.9. The molecule has 1 aliphatic heterocycles. The summed E-state index contributed by atoms with van der Waals surface area (Å²) in [7, 11) is 3.30. The summed E-state index contributed by atoms with van der Waals surface area (Å²) in [6.07, 6.45) is -0.0922. The third kappa shape index (κ3) is 4.29. The standard InChI is InChI=1S/C17H25NO4/c1-17(2)12-18(9-15(22-17)11-21-4)16(19)14-7-5-13(6-8-14)10-20-3/h5-8,15H,9-12H2,1-4H3. The summed E-state index contributed by atoms with van der Waals surface area (Å²) < 4.78 is 16.2. The van der Waals surface area contributed by atoms with Gasteiger partial charge in [-0.1, -0.05) is 12.1 Å². The molecule has 5 heteroatoms. The Morgan fingerprint density at radius 3 is 2.55 bits per heavy atom. The van der Waals surface area contributed by atoms with Crippen LogP contribution in [0.4, 0.5) is 0 Å². The van der Waals surface area contributed by atoms with Gasteiger partial charge < -0.3 is 19.1 Å². The van der Waals surface area contributed by atoms with Gasteiger partial charge >= 0.3 is 0 Å². The Labute approximate surface area is 132 Å². The van der Waals surface area contributed by atoms with E-state index in [1.165, 1.54) is 0 Å². The summed E-state index contributed by atoms with van der Waals surface area (Å²) in [6, 6.07) is 7.55. The van der Waals surface area contributed by atoms with Crippen LogP contribution in [0.25, 0.3) is 0 Å². The summed E-state index contributed by atoms with van der Waals surface area (Å²) in [5.74, 6) is 0.0291. The molecule has 1 aromatic rings. The second-order valence-electron chi connectivity index (χ2n) is 6.27. The van der Waals surface area contributed by atoms with Crippen LogP contribution in [-0.2, 0) is 20.8 Å². The predicted octanol–water partition coefficient (Wildman–Crippen LogP) is 2.10. The molecule has 1 amide bonds. The Morgan fingerprint density at radius 1 is 1.27 bits per heavy atom. The minimum Gasteiger partial charge on any atom is -0.382 e. The van der Waals surface area contributed by atoms with Crippen molar-refractivity contribution in [3.8, 4) is 0 Å². The summed E-state index contributed by atoms with van der Waals surface area (Å²) in [5, 5.41) is 0. The SMILES string of the molecule is COCc1ccc(C(=O)N2CC(COC)OC(C)(C)C2)cc1. The molecule has 1 aromatic carbocycles. The van der Waals surface area contributed by atoms with E-state index in [1.54, 1.807) is 14.2 Å². The van der Waals surface area contributed by atoms with E-state index in [2.05, 4.69) is 0 Å². The molecule has 0 saturated carbocycles. The van der Waals surface area contributed by atoms with Crippen LogP contribution in [0.2, 0.25) is 0 Å². The molecule has 5 nitrogen and oxygen atoms in total. The smallest absolute Gasteiger partial charge is 0.254 e. The van der Waals surface area contributed by atoms with Gasteiger partial charge in [-0.05, 0) is 31.5 Å². The first kappa shape index (κ1) is 16.9. The lowest BCUT2D eigenvalue weighted by molar-refractivity contribution is -0.143. The fourth-order valence-electron chi connectivity index (χ4n) is 2.82. The zero-order chi connectivity index (χ0) is 16.2. The Hall–Kier alpha value is -1.43. The number of methoxy groups -OCH3 is 2. The maximum absolute atomic E-state index is 12.7. The quantitative estimate of drug-likeness (QED) is 0.836. The highest BCUT2D eigenvalue weighted by Gasteiger charge is 2.35. The molecule has 22 heavy (non-hydrogen) atoms. The topological polar surface area (TPSA) is 48.0 Å². The molecule has 122 valence electrons. The van der Waals surface area contributed by atoms with Gasteiger partial charge in [0.25, 0.3) is 5.91 Å². The molecular weight excluding hydrogens is 282 g/mol. The van der Waals surface area contributed by atoms with E-state index in [1.807, 2.05) is 43.0 Å². The Balaban J connectivity index is 2.09. The monoisotopic (exact) mass is 307 g/mol. The number of hydrogen-bond donors (Lipinski definition) is 0. The molecule has 1 atom stereocenters. The third-order valence-electron chi connectivity index (χ3n) is 3.63. The average molecular weight is 307 g/mol. The van der Waals surface area contributed by atoms with Crippen molar-refractivity contribution in [3.05, 3.63) is 35.4 Å². The zero-order valence-electron chi connectivity index (χ0n) is 13.8. The van der Waals surface area contributed by atoms with E-state index >= 15 is 0 Å². The molecule has 0 aliphatic carbocycles. The van der Waals surface area contributed by atoms with E-state index in [4.69, 9.17) is 14.2 Å².